The van der Waals surface area contributed by atoms with Gasteiger partial charge in [-0.15, -0.1) is 24.0 Å². The molecule has 9 heteroatoms. The molecule has 27 heavy (non-hydrogen) atoms. The van der Waals surface area contributed by atoms with E-state index >= 15 is 0 Å². The van der Waals surface area contributed by atoms with Crippen LogP contribution in [0.15, 0.2) is 35.3 Å². The molecule has 1 aliphatic rings. The van der Waals surface area contributed by atoms with Crippen molar-refractivity contribution in [3.05, 3.63) is 30.3 Å². The summed E-state index contributed by atoms with van der Waals surface area (Å²) < 4.78 is 36.6. The summed E-state index contributed by atoms with van der Waals surface area (Å²) in [5.41, 5.74) is 1.24. The predicted molar refractivity (Wildman–Crippen MR) is 115 cm³/mol. The van der Waals surface area contributed by atoms with Gasteiger partial charge in [0.15, 0.2) is 5.96 Å². The minimum Gasteiger partial charge on any atom is -0.369 e. The van der Waals surface area contributed by atoms with Crippen molar-refractivity contribution >= 4 is 35.6 Å². The van der Waals surface area contributed by atoms with Crippen LogP contribution >= 0.6 is 24.0 Å². The zero-order valence-corrected chi connectivity index (χ0v) is 18.1. The Labute approximate surface area is 176 Å². The summed E-state index contributed by atoms with van der Waals surface area (Å²) >= 11 is 0. The molecule has 1 unspecified atom stereocenters. The van der Waals surface area contributed by atoms with Crippen LogP contribution in [0.5, 0.6) is 0 Å². The molecule has 1 saturated heterocycles. The highest BCUT2D eigenvalue weighted by Gasteiger charge is 2.26. The van der Waals surface area contributed by atoms with Gasteiger partial charge < -0.3 is 15.5 Å². The highest BCUT2D eigenvalue weighted by molar-refractivity contribution is 14.0. The van der Waals surface area contributed by atoms with Crippen molar-refractivity contribution in [3.8, 4) is 0 Å². The molecule has 154 valence electrons. The lowest BCUT2D eigenvalue weighted by Crippen LogP contribution is -2.53. The van der Waals surface area contributed by atoms with Gasteiger partial charge in [0.1, 0.15) is 0 Å². The molecule has 1 aromatic rings. The molecule has 0 spiro atoms. The predicted octanol–water partition coefficient (Wildman–Crippen LogP) is 2.93. The number of para-hydroxylation sites is 1. The van der Waals surface area contributed by atoms with E-state index in [0.29, 0.717) is 12.5 Å². The first-order chi connectivity index (χ1) is 12.4. The van der Waals surface area contributed by atoms with Crippen LogP contribution in [0.1, 0.15) is 13.3 Å². The SMILES string of the molecule is CN=C(NCCC(F)(F)F)NCC(C)N1CCN(c2ccccc2)CC1.I. The maximum absolute atomic E-state index is 12.2. The van der Waals surface area contributed by atoms with Crippen LogP contribution in [-0.4, -0.2) is 69.4 Å². The molecule has 0 amide bonds. The Hall–Kier alpha value is -1.23. The highest BCUT2D eigenvalue weighted by atomic mass is 127. The van der Waals surface area contributed by atoms with Crippen LogP contribution in [0, 0.1) is 0 Å². The minimum absolute atomic E-state index is 0. The minimum atomic E-state index is -4.16. The smallest absolute Gasteiger partial charge is 0.369 e. The molecule has 0 bridgehead atoms. The Morgan fingerprint density at radius 3 is 2.30 bits per heavy atom. The number of hydrogen-bond acceptors (Lipinski definition) is 3. The number of rotatable bonds is 6. The van der Waals surface area contributed by atoms with Crippen molar-refractivity contribution in [3.63, 3.8) is 0 Å². The Balaban J connectivity index is 0.00000364. The van der Waals surface area contributed by atoms with E-state index in [1.807, 2.05) is 18.2 Å². The number of anilines is 1. The number of nitrogens with zero attached hydrogens (tertiary/aromatic N) is 3. The molecule has 1 aromatic carbocycles. The van der Waals surface area contributed by atoms with E-state index < -0.39 is 12.6 Å². The van der Waals surface area contributed by atoms with Crippen molar-refractivity contribution in [2.24, 2.45) is 4.99 Å². The number of guanidine groups is 1. The molecular formula is C18H29F3IN5. The van der Waals surface area contributed by atoms with E-state index in [2.05, 4.69) is 44.5 Å². The van der Waals surface area contributed by atoms with E-state index in [4.69, 9.17) is 0 Å². The fourth-order valence-electron chi connectivity index (χ4n) is 2.98. The van der Waals surface area contributed by atoms with Gasteiger partial charge >= 0.3 is 6.18 Å². The number of aliphatic imine (C=N–C) groups is 1. The number of hydrogen-bond donors (Lipinski definition) is 2. The zero-order chi connectivity index (χ0) is 19.0. The second-order valence-corrected chi connectivity index (χ2v) is 6.45. The van der Waals surface area contributed by atoms with E-state index in [9.17, 15) is 13.2 Å². The first kappa shape index (κ1) is 23.8. The first-order valence-electron chi connectivity index (χ1n) is 8.94. The third kappa shape index (κ3) is 8.54. The third-order valence-corrected chi connectivity index (χ3v) is 4.55. The molecule has 0 saturated carbocycles. The van der Waals surface area contributed by atoms with Crippen molar-refractivity contribution in [1.29, 1.82) is 0 Å². The molecule has 0 radical (unpaired) electrons. The summed E-state index contributed by atoms with van der Waals surface area (Å²) in [4.78, 5) is 8.73. The standard InChI is InChI=1S/C18H28F3N5.HI/c1-15(14-24-17(22-2)23-9-8-18(19,20)21)25-10-12-26(13-11-25)16-6-4-3-5-7-16;/h3-7,15H,8-14H2,1-2H3,(H2,22,23,24);1H. The monoisotopic (exact) mass is 499 g/mol. The summed E-state index contributed by atoms with van der Waals surface area (Å²) in [5.74, 6) is 0.407. The van der Waals surface area contributed by atoms with Crippen molar-refractivity contribution in [2.75, 3.05) is 51.2 Å². The van der Waals surface area contributed by atoms with E-state index in [0.717, 1.165) is 26.2 Å². The molecule has 1 aliphatic heterocycles. The maximum Gasteiger partial charge on any atom is 0.390 e. The molecule has 2 N–H and O–H groups in total. The lowest BCUT2D eigenvalue weighted by atomic mass is 10.2. The van der Waals surface area contributed by atoms with Crippen LogP contribution in [0.25, 0.3) is 0 Å². The van der Waals surface area contributed by atoms with Crippen molar-refractivity contribution in [2.45, 2.75) is 25.6 Å². The highest BCUT2D eigenvalue weighted by Crippen LogP contribution is 2.18. The normalized spacial score (nSPS) is 17.2. The Morgan fingerprint density at radius 1 is 1.11 bits per heavy atom. The van der Waals surface area contributed by atoms with Gasteiger partial charge in [0.2, 0.25) is 0 Å². The number of piperazine rings is 1. The van der Waals surface area contributed by atoms with Gasteiger partial charge in [-0.25, -0.2) is 0 Å². The first-order valence-corrected chi connectivity index (χ1v) is 8.94. The van der Waals surface area contributed by atoms with Crippen LogP contribution in [0.3, 0.4) is 0 Å². The molecule has 2 rings (SSSR count). The van der Waals surface area contributed by atoms with Crippen LogP contribution in [0.2, 0.25) is 0 Å². The Morgan fingerprint density at radius 2 is 1.74 bits per heavy atom. The van der Waals surface area contributed by atoms with Crippen LogP contribution < -0.4 is 15.5 Å². The van der Waals surface area contributed by atoms with Crippen LogP contribution in [-0.2, 0) is 0 Å². The van der Waals surface area contributed by atoms with E-state index in [-0.39, 0.29) is 36.6 Å². The maximum atomic E-state index is 12.2. The quantitative estimate of drug-likeness (QED) is 0.359. The summed E-state index contributed by atoms with van der Waals surface area (Å²) in [6, 6.07) is 10.6. The fraction of sp³-hybridized carbons (Fsp3) is 0.611. The lowest BCUT2D eigenvalue weighted by Gasteiger charge is -2.39. The molecule has 1 atom stereocenters. The fourth-order valence-corrected chi connectivity index (χ4v) is 2.98. The zero-order valence-electron chi connectivity index (χ0n) is 15.8. The van der Waals surface area contributed by atoms with Crippen LogP contribution in [0.4, 0.5) is 18.9 Å². The molecule has 1 heterocycles. The third-order valence-electron chi connectivity index (χ3n) is 4.55. The number of halogens is 4. The molecule has 0 aliphatic carbocycles. The molecule has 1 fully saturated rings. The molecular weight excluding hydrogens is 470 g/mol. The van der Waals surface area contributed by atoms with Crippen molar-refractivity contribution < 1.29 is 13.2 Å². The number of benzene rings is 1. The Bertz CT molecular complexity index is 560. The second-order valence-electron chi connectivity index (χ2n) is 6.45. The van der Waals surface area contributed by atoms with Gasteiger partial charge in [-0.1, -0.05) is 18.2 Å². The van der Waals surface area contributed by atoms with Gasteiger partial charge in [0.25, 0.3) is 0 Å². The summed E-state index contributed by atoms with van der Waals surface area (Å²) in [7, 11) is 1.56. The average molecular weight is 499 g/mol. The summed E-state index contributed by atoms with van der Waals surface area (Å²) in [6.45, 7) is 6.42. The second kappa shape index (κ2) is 11.6. The van der Waals surface area contributed by atoms with E-state index in [1.54, 1.807) is 7.05 Å². The van der Waals surface area contributed by atoms with E-state index in [1.165, 1.54) is 5.69 Å². The number of alkyl halides is 3. The van der Waals surface area contributed by atoms with Gasteiger partial charge in [-0.3, -0.25) is 9.89 Å². The van der Waals surface area contributed by atoms with Crippen molar-refractivity contribution in [1.82, 2.24) is 15.5 Å². The van der Waals surface area contributed by atoms with Gasteiger partial charge in [-0.05, 0) is 19.1 Å². The summed E-state index contributed by atoms with van der Waals surface area (Å²) in [6.07, 6.45) is -5.03. The number of nitrogens with one attached hydrogen (secondary N) is 2. The lowest BCUT2D eigenvalue weighted by molar-refractivity contribution is -0.132. The van der Waals surface area contributed by atoms with Gasteiger partial charge in [0.05, 0.1) is 6.42 Å². The molecule has 0 aromatic heterocycles. The van der Waals surface area contributed by atoms with Gasteiger partial charge in [-0.2, -0.15) is 13.2 Å². The Kier molecular flexibility index (Phi) is 10.2. The van der Waals surface area contributed by atoms with Gasteiger partial charge in [0, 0.05) is 58.0 Å². The summed E-state index contributed by atoms with van der Waals surface area (Å²) in [5, 5.41) is 5.82. The largest absolute Gasteiger partial charge is 0.390 e. The molecule has 5 nitrogen and oxygen atoms in total. The average Bonchev–Trinajstić information content (AvgIpc) is 2.64. The topological polar surface area (TPSA) is 42.9 Å².